The third kappa shape index (κ3) is 2.67. The van der Waals surface area contributed by atoms with Crippen LogP contribution in [0.2, 0.25) is 0 Å². The molecule has 1 aliphatic rings. The maximum absolute atomic E-state index is 11.9. The summed E-state index contributed by atoms with van der Waals surface area (Å²) in [5, 5.41) is 4.46. The summed E-state index contributed by atoms with van der Waals surface area (Å²) < 4.78 is 29.8. The monoisotopic (exact) mass is 396 g/mol. The zero-order valence-electron chi connectivity index (χ0n) is 12.0. The maximum atomic E-state index is 11.9. The molecule has 120 valence electrons. The second-order valence-corrected chi connectivity index (χ2v) is 8.79. The standard InChI is InChI=1S/C14H13BrN4O3S/c15-11-4-3-9-10(7-16-13(9)17-11)14-18-12(22-19-14)6-8-2-1-5-23(8,20)21/h3-4,7-8H,1-2,5-6H2,(H,16,17). The van der Waals surface area contributed by atoms with E-state index in [1.54, 1.807) is 6.20 Å². The normalized spacial score (nSPS) is 20.3. The van der Waals surface area contributed by atoms with Gasteiger partial charge in [0, 0.05) is 23.6 Å². The Labute approximate surface area is 140 Å². The van der Waals surface area contributed by atoms with E-state index in [4.69, 9.17) is 4.52 Å². The largest absolute Gasteiger partial charge is 0.345 e. The van der Waals surface area contributed by atoms with Gasteiger partial charge in [0.25, 0.3) is 0 Å². The minimum absolute atomic E-state index is 0.252. The highest BCUT2D eigenvalue weighted by atomic mass is 79.9. The topological polar surface area (TPSA) is 102 Å². The number of H-pyrrole nitrogens is 1. The van der Waals surface area contributed by atoms with E-state index < -0.39 is 15.1 Å². The van der Waals surface area contributed by atoms with Crippen LogP contribution in [0.15, 0.2) is 27.5 Å². The maximum Gasteiger partial charge on any atom is 0.228 e. The van der Waals surface area contributed by atoms with E-state index in [0.29, 0.717) is 24.6 Å². The van der Waals surface area contributed by atoms with Crippen molar-refractivity contribution >= 4 is 36.8 Å². The summed E-state index contributed by atoms with van der Waals surface area (Å²) in [6.45, 7) is 0. The molecule has 1 saturated heterocycles. The number of aromatic nitrogens is 4. The third-order valence-electron chi connectivity index (χ3n) is 4.08. The van der Waals surface area contributed by atoms with Crippen LogP contribution in [-0.4, -0.2) is 39.5 Å². The molecular weight excluding hydrogens is 384 g/mol. The number of fused-ring (bicyclic) bond motifs is 1. The minimum Gasteiger partial charge on any atom is -0.345 e. The summed E-state index contributed by atoms with van der Waals surface area (Å²) >= 11 is 3.32. The SMILES string of the molecule is O=S1(=O)CCCC1Cc1nc(-c2c[nH]c3nc(Br)ccc23)no1. The van der Waals surface area contributed by atoms with Gasteiger partial charge in [-0.05, 0) is 40.9 Å². The van der Waals surface area contributed by atoms with Crippen LogP contribution in [0.25, 0.3) is 22.4 Å². The lowest BCUT2D eigenvalue weighted by atomic mass is 10.2. The highest BCUT2D eigenvalue weighted by Crippen LogP contribution is 2.28. The number of pyridine rings is 1. The van der Waals surface area contributed by atoms with Gasteiger partial charge in [0.1, 0.15) is 10.3 Å². The lowest BCUT2D eigenvalue weighted by Crippen LogP contribution is -2.18. The molecule has 0 bridgehead atoms. The Morgan fingerprint density at radius 2 is 2.22 bits per heavy atom. The molecule has 1 atom stereocenters. The average Bonchev–Trinajstić information content (AvgIpc) is 3.18. The second-order valence-electron chi connectivity index (χ2n) is 5.58. The fraction of sp³-hybridized carbons (Fsp3) is 0.357. The van der Waals surface area contributed by atoms with E-state index in [1.807, 2.05) is 12.1 Å². The molecule has 23 heavy (non-hydrogen) atoms. The minimum atomic E-state index is -3.02. The molecule has 4 rings (SSSR count). The Morgan fingerprint density at radius 3 is 3.00 bits per heavy atom. The van der Waals surface area contributed by atoms with Crippen molar-refractivity contribution in [3.8, 4) is 11.4 Å². The molecule has 0 aliphatic carbocycles. The van der Waals surface area contributed by atoms with Crippen molar-refractivity contribution in [3.05, 3.63) is 28.8 Å². The predicted octanol–water partition coefficient (Wildman–Crippen LogP) is 2.50. The molecule has 3 aromatic rings. The summed E-state index contributed by atoms with van der Waals surface area (Å²) in [4.78, 5) is 11.7. The molecular formula is C14H13BrN4O3S. The number of nitrogens with one attached hydrogen (secondary N) is 1. The lowest BCUT2D eigenvalue weighted by molar-refractivity contribution is 0.375. The summed E-state index contributed by atoms with van der Waals surface area (Å²) in [5.41, 5.74) is 1.50. The van der Waals surface area contributed by atoms with E-state index in [0.717, 1.165) is 21.2 Å². The number of nitrogens with zero attached hydrogens (tertiary/aromatic N) is 3. The highest BCUT2D eigenvalue weighted by molar-refractivity contribution is 9.10. The van der Waals surface area contributed by atoms with Gasteiger partial charge in [-0.3, -0.25) is 0 Å². The van der Waals surface area contributed by atoms with Crippen LogP contribution in [0.4, 0.5) is 0 Å². The van der Waals surface area contributed by atoms with Gasteiger partial charge < -0.3 is 9.51 Å². The van der Waals surface area contributed by atoms with E-state index >= 15 is 0 Å². The van der Waals surface area contributed by atoms with E-state index in [9.17, 15) is 8.42 Å². The summed E-state index contributed by atoms with van der Waals surface area (Å²) in [6.07, 6.45) is 3.41. The fourth-order valence-electron chi connectivity index (χ4n) is 2.90. The van der Waals surface area contributed by atoms with E-state index in [2.05, 4.69) is 36.0 Å². The molecule has 7 nitrogen and oxygen atoms in total. The average molecular weight is 397 g/mol. The van der Waals surface area contributed by atoms with E-state index in [1.165, 1.54) is 0 Å². The second kappa shape index (κ2) is 5.41. The molecule has 1 N–H and O–H groups in total. The van der Waals surface area contributed by atoms with Crippen molar-refractivity contribution in [1.82, 2.24) is 20.1 Å². The fourth-order valence-corrected chi connectivity index (χ4v) is 5.03. The first-order valence-corrected chi connectivity index (χ1v) is 9.72. The highest BCUT2D eigenvalue weighted by Gasteiger charge is 2.33. The van der Waals surface area contributed by atoms with Gasteiger partial charge in [0.05, 0.1) is 11.0 Å². The Balaban J connectivity index is 1.64. The number of hydrogen-bond acceptors (Lipinski definition) is 6. The first-order valence-electron chi connectivity index (χ1n) is 7.21. The van der Waals surface area contributed by atoms with Gasteiger partial charge >= 0.3 is 0 Å². The molecule has 1 aliphatic heterocycles. The number of halogens is 1. The zero-order chi connectivity index (χ0) is 16.0. The van der Waals surface area contributed by atoms with Crippen LogP contribution in [0, 0.1) is 0 Å². The number of rotatable bonds is 3. The molecule has 4 heterocycles. The van der Waals surface area contributed by atoms with Crippen LogP contribution >= 0.6 is 15.9 Å². The van der Waals surface area contributed by atoms with E-state index in [-0.39, 0.29) is 12.2 Å². The quantitative estimate of drug-likeness (QED) is 0.682. The van der Waals surface area contributed by atoms with Crippen LogP contribution < -0.4 is 0 Å². The van der Waals surface area contributed by atoms with Crippen LogP contribution in [0.5, 0.6) is 0 Å². The van der Waals surface area contributed by atoms with Gasteiger partial charge in [-0.15, -0.1) is 0 Å². The Morgan fingerprint density at radius 1 is 1.35 bits per heavy atom. The van der Waals surface area contributed by atoms with Crippen LogP contribution in [0.3, 0.4) is 0 Å². The van der Waals surface area contributed by atoms with Crippen molar-refractivity contribution in [1.29, 1.82) is 0 Å². The van der Waals surface area contributed by atoms with Crippen molar-refractivity contribution < 1.29 is 12.9 Å². The summed E-state index contributed by atoms with van der Waals surface area (Å²) in [7, 11) is -3.02. The van der Waals surface area contributed by atoms with Crippen LogP contribution in [0.1, 0.15) is 18.7 Å². The molecule has 9 heteroatoms. The number of hydrogen-bond donors (Lipinski definition) is 1. The molecule has 0 spiro atoms. The number of sulfone groups is 1. The molecule has 1 unspecified atom stereocenters. The van der Waals surface area contributed by atoms with Crippen molar-refractivity contribution in [2.45, 2.75) is 24.5 Å². The smallest absolute Gasteiger partial charge is 0.228 e. The van der Waals surface area contributed by atoms with Gasteiger partial charge in [-0.1, -0.05) is 5.16 Å². The molecule has 0 aromatic carbocycles. The molecule has 3 aromatic heterocycles. The third-order valence-corrected chi connectivity index (χ3v) is 6.80. The molecule has 0 radical (unpaired) electrons. The molecule has 0 amide bonds. The van der Waals surface area contributed by atoms with Gasteiger partial charge in [0.15, 0.2) is 9.84 Å². The Hall–Kier alpha value is -1.74. The van der Waals surface area contributed by atoms with Gasteiger partial charge in [-0.25, -0.2) is 13.4 Å². The predicted molar refractivity (Wildman–Crippen MR) is 87.6 cm³/mol. The number of aromatic amines is 1. The van der Waals surface area contributed by atoms with Crippen LogP contribution in [-0.2, 0) is 16.3 Å². The van der Waals surface area contributed by atoms with Gasteiger partial charge in [0.2, 0.25) is 11.7 Å². The van der Waals surface area contributed by atoms with Crippen molar-refractivity contribution in [2.75, 3.05) is 5.75 Å². The first kappa shape index (κ1) is 14.8. The molecule has 0 saturated carbocycles. The molecule has 1 fully saturated rings. The zero-order valence-corrected chi connectivity index (χ0v) is 14.4. The first-order chi connectivity index (χ1) is 11.0. The summed E-state index contributed by atoms with van der Waals surface area (Å²) in [6, 6.07) is 3.75. The van der Waals surface area contributed by atoms with Crippen molar-refractivity contribution in [2.24, 2.45) is 0 Å². The lowest BCUT2D eigenvalue weighted by Gasteiger charge is -2.04. The summed E-state index contributed by atoms with van der Waals surface area (Å²) in [5.74, 6) is 1.04. The van der Waals surface area contributed by atoms with Crippen molar-refractivity contribution in [3.63, 3.8) is 0 Å². The Kier molecular flexibility index (Phi) is 3.49. The Bertz CT molecular complexity index is 979. The van der Waals surface area contributed by atoms with Gasteiger partial charge in [-0.2, -0.15) is 4.98 Å².